The number of ether oxygens (including phenoxy) is 3. The molecule has 0 N–H and O–H groups in total. The summed E-state index contributed by atoms with van der Waals surface area (Å²) in [6.45, 7) is 6.40. The molecular formula is C54H90O6. The first-order valence-corrected chi connectivity index (χ1v) is 24.6. The average Bonchev–Trinajstić information content (AvgIpc) is 3.24. The monoisotopic (exact) mass is 835 g/mol. The third-order valence-electron chi connectivity index (χ3n) is 10.1. The van der Waals surface area contributed by atoms with E-state index in [-0.39, 0.29) is 37.5 Å². The molecule has 342 valence electrons. The zero-order valence-electron chi connectivity index (χ0n) is 38.9. The lowest BCUT2D eigenvalue weighted by Crippen LogP contribution is -2.30. The Kier molecular flexibility index (Phi) is 45.5. The van der Waals surface area contributed by atoms with Crippen molar-refractivity contribution in [1.29, 1.82) is 0 Å². The Morgan fingerprint density at radius 2 is 0.667 bits per heavy atom. The molecule has 0 bridgehead atoms. The van der Waals surface area contributed by atoms with Gasteiger partial charge in [0.2, 0.25) is 0 Å². The molecular weight excluding hydrogens is 745 g/mol. The molecule has 0 rings (SSSR count). The van der Waals surface area contributed by atoms with Gasteiger partial charge in [-0.25, -0.2) is 0 Å². The molecule has 0 aromatic rings. The van der Waals surface area contributed by atoms with E-state index in [0.717, 1.165) is 109 Å². The Bertz CT molecular complexity index is 1190. The van der Waals surface area contributed by atoms with Gasteiger partial charge in [-0.2, -0.15) is 0 Å². The highest BCUT2D eigenvalue weighted by Crippen LogP contribution is 2.12. The van der Waals surface area contributed by atoms with Crippen molar-refractivity contribution in [3.05, 3.63) is 85.1 Å². The van der Waals surface area contributed by atoms with E-state index in [1.807, 2.05) is 0 Å². The molecule has 0 fully saturated rings. The van der Waals surface area contributed by atoms with Crippen LogP contribution in [0.4, 0.5) is 0 Å². The lowest BCUT2D eigenvalue weighted by atomic mass is 10.1. The van der Waals surface area contributed by atoms with Crippen LogP contribution in [0.15, 0.2) is 85.1 Å². The first-order chi connectivity index (χ1) is 29.5. The van der Waals surface area contributed by atoms with E-state index in [0.29, 0.717) is 19.3 Å². The normalized spacial score (nSPS) is 12.8. The fourth-order valence-corrected chi connectivity index (χ4v) is 6.41. The molecule has 0 aliphatic carbocycles. The molecule has 0 heterocycles. The number of hydrogen-bond acceptors (Lipinski definition) is 6. The van der Waals surface area contributed by atoms with Gasteiger partial charge in [0, 0.05) is 19.3 Å². The predicted octanol–water partition coefficient (Wildman–Crippen LogP) is 16.0. The predicted molar refractivity (Wildman–Crippen MR) is 256 cm³/mol. The quantitative estimate of drug-likeness (QED) is 0.0263. The van der Waals surface area contributed by atoms with Crippen molar-refractivity contribution in [2.45, 2.75) is 226 Å². The lowest BCUT2D eigenvalue weighted by Gasteiger charge is -2.18. The lowest BCUT2D eigenvalue weighted by molar-refractivity contribution is -0.167. The van der Waals surface area contributed by atoms with Gasteiger partial charge in [-0.15, -0.1) is 0 Å². The van der Waals surface area contributed by atoms with Crippen molar-refractivity contribution < 1.29 is 28.6 Å². The minimum Gasteiger partial charge on any atom is -0.462 e. The van der Waals surface area contributed by atoms with Gasteiger partial charge in [-0.1, -0.05) is 176 Å². The van der Waals surface area contributed by atoms with Crippen LogP contribution in [-0.4, -0.2) is 37.2 Å². The van der Waals surface area contributed by atoms with Crippen molar-refractivity contribution >= 4 is 17.9 Å². The number of carbonyl (C=O) groups excluding carboxylic acids is 3. The van der Waals surface area contributed by atoms with Crippen LogP contribution in [0.25, 0.3) is 0 Å². The number of carbonyl (C=O) groups is 3. The van der Waals surface area contributed by atoms with Crippen LogP contribution in [0, 0.1) is 0 Å². The molecule has 6 nitrogen and oxygen atoms in total. The largest absolute Gasteiger partial charge is 0.462 e. The third-order valence-corrected chi connectivity index (χ3v) is 10.1. The van der Waals surface area contributed by atoms with E-state index in [4.69, 9.17) is 14.2 Å². The summed E-state index contributed by atoms with van der Waals surface area (Å²) in [5, 5.41) is 0. The number of esters is 3. The smallest absolute Gasteiger partial charge is 0.306 e. The summed E-state index contributed by atoms with van der Waals surface area (Å²) in [4.78, 5) is 37.8. The van der Waals surface area contributed by atoms with Crippen LogP contribution in [0.2, 0.25) is 0 Å². The third kappa shape index (κ3) is 45.7. The molecule has 60 heavy (non-hydrogen) atoms. The van der Waals surface area contributed by atoms with Crippen molar-refractivity contribution in [3.8, 4) is 0 Å². The van der Waals surface area contributed by atoms with Crippen molar-refractivity contribution in [2.75, 3.05) is 13.2 Å². The standard InChI is InChI=1S/C54H90O6/c1-4-7-10-13-16-19-22-25-26-27-28-30-32-35-38-41-44-47-53(56)59-50-51(49-58-52(55)46-43-40-37-34-31-24-21-18-15-12-9-6-3)60-54(57)48-45-42-39-36-33-29-23-20-17-14-11-8-5-2/h9,12,16,18-19,21,25-26,28-30,33,35,38,51H,4-8,10-11,13-15,17,20,22-24,27,31-32,34,36-37,39-50H2,1-3H3/b12-9-,19-16-,21-18-,26-25-,30-28-,33-29-,38-35-. The number of hydrogen-bond donors (Lipinski definition) is 0. The average molecular weight is 835 g/mol. The number of allylic oxidation sites excluding steroid dienone is 14. The molecule has 1 atom stereocenters. The number of rotatable bonds is 43. The Hall–Kier alpha value is -3.41. The Labute approximate surface area is 369 Å². The maximum Gasteiger partial charge on any atom is 0.306 e. The topological polar surface area (TPSA) is 78.9 Å². The second-order valence-corrected chi connectivity index (χ2v) is 16.0. The molecule has 1 unspecified atom stereocenters. The van der Waals surface area contributed by atoms with E-state index < -0.39 is 6.10 Å². The summed E-state index contributed by atoms with van der Waals surface area (Å²) < 4.78 is 16.7. The molecule has 6 heteroatoms. The Morgan fingerprint density at radius 1 is 0.350 bits per heavy atom. The minimum atomic E-state index is -0.811. The molecule has 0 amide bonds. The fourth-order valence-electron chi connectivity index (χ4n) is 6.41. The highest BCUT2D eigenvalue weighted by Gasteiger charge is 2.19. The zero-order valence-corrected chi connectivity index (χ0v) is 38.9. The molecule has 0 aliphatic rings. The van der Waals surface area contributed by atoms with E-state index >= 15 is 0 Å². The fraction of sp³-hybridized carbons (Fsp3) is 0.685. The van der Waals surface area contributed by atoms with Crippen molar-refractivity contribution in [1.82, 2.24) is 0 Å². The molecule has 0 aromatic heterocycles. The maximum absolute atomic E-state index is 12.7. The van der Waals surface area contributed by atoms with Crippen molar-refractivity contribution in [2.24, 2.45) is 0 Å². The summed E-state index contributed by atoms with van der Waals surface area (Å²) in [5.41, 5.74) is 0. The van der Waals surface area contributed by atoms with Crippen LogP contribution < -0.4 is 0 Å². The van der Waals surface area contributed by atoms with Crippen molar-refractivity contribution in [3.63, 3.8) is 0 Å². The SMILES string of the molecule is CC/C=C\C/C=C\CCCCCCCC(=O)OCC(COC(=O)CCC/C=C\C/C=C\C/C=C\C/C=C\CCCCC)OC(=O)CCCCC/C=C\CCCCCCCC. The highest BCUT2D eigenvalue weighted by molar-refractivity contribution is 5.71. The zero-order chi connectivity index (χ0) is 43.7. The van der Waals surface area contributed by atoms with Gasteiger partial charge in [-0.05, 0) is 109 Å². The summed E-state index contributed by atoms with van der Waals surface area (Å²) in [6, 6.07) is 0. The van der Waals surface area contributed by atoms with Gasteiger partial charge < -0.3 is 14.2 Å². The maximum atomic E-state index is 12.7. The molecule has 0 saturated heterocycles. The van der Waals surface area contributed by atoms with Crippen LogP contribution in [0.5, 0.6) is 0 Å². The van der Waals surface area contributed by atoms with E-state index in [1.165, 1.54) is 64.2 Å². The first kappa shape index (κ1) is 56.6. The first-order valence-electron chi connectivity index (χ1n) is 24.6. The molecule has 0 saturated carbocycles. The Morgan fingerprint density at radius 3 is 1.15 bits per heavy atom. The second kappa shape index (κ2) is 48.3. The minimum absolute atomic E-state index is 0.108. The Balaban J connectivity index is 4.51. The summed E-state index contributed by atoms with van der Waals surface area (Å²) in [5.74, 6) is -1.00. The van der Waals surface area contributed by atoms with Crippen LogP contribution in [0.3, 0.4) is 0 Å². The van der Waals surface area contributed by atoms with Gasteiger partial charge >= 0.3 is 17.9 Å². The van der Waals surface area contributed by atoms with E-state index in [9.17, 15) is 14.4 Å². The van der Waals surface area contributed by atoms with Gasteiger partial charge in [-0.3, -0.25) is 14.4 Å². The molecule has 0 spiro atoms. The van der Waals surface area contributed by atoms with Gasteiger partial charge in [0.25, 0.3) is 0 Å². The molecule has 0 aromatic carbocycles. The van der Waals surface area contributed by atoms with Gasteiger partial charge in [0.05, 0.1) is 0 Å². The second-order valence-electron chi connectivity index (χ2n) is 16.0. The summed E-state index contributed by atoms with van der Waals surface area (Å²) >= 11 is 0. The number of unbranched alkanes of at least 4 members (excludes halogenated alkanes) is 18. The summed E-state index contributed by atoms with van der Waals surface area (Å²) in [7, 11) is 0. The highest BCUT2D eigenvalue weighted by atomic mass is 16.6. The van der Waals surface area contributed by atoms with E-state index in [1.54, 1.807) is 0 Å². The van der Waals surface area contributed by atoms with Crippen LogP contribution in [0.1, 0.15) is 220 Å². The molecule has 0 aliphatic heterocycles. The molecule has 0 radical (unpaired) electrons. The van der Waals surface area contributed by atoms with E-state index in [2.05, 4.69) is 106 Å². The van der Waals surface area contributed by atoms with Crippen LogP contribution in [-0.2, 0) is 28.6 Å². The van der Waals surface area contributed by atoms with Gasteiger partial charge in [0.1, 0.15) is 13.2 Å². The van der Waals surface area contributed by atoms with Gasteiger partial charge in [0.15, 0.2) is 6.10 Å². The van der Waals surface area contributed by atoms with Crippen LogP contribution >= 0.6 is 0 Å². The summed E-state index contributed by atoms with van der Waals surface area (Å²) in [6.07, 6.45) is 61.4.